The SMILES string of the molecule is CC[C@H](C)[C@H](NC(=O)c1ccccc1NC(=O)c1ccc(OC)cc1)C(=O)N1CCCCCC1. The fraction of sp³-hybridized carbons (Fsp3) is 0.444. The van der Waals surface area contributed by atoms with Gasteiger partial charge in [-0.15, -0.1) is 0 Å². The van der Waals surface area contributed by atoms with E-state index in [1.807, 2.05) is 18.7 Å². The largest absolute Gasteiger partial charge is 0.497 e. The zero-order valence-electron chi connectivity index (χ0n) is 20.3. The molecule has 3 amide bonds. The lowest BCUT2D eigenvalue weighted by atomic mass is 9.97. The Morgan fingerprint density at radius 1 is 0.941 bits per heavy atom. The van der Waals surface area contributed by atoms with Crippen LogP contribution in [0.4, 0.5) is 5.69 Å². The number of ether oxygens (including phenoxy) is 1. The topological polar surface area (TPSA) is 87.7 Å². The van der Waals surface area contributed by atoms with Gasteiger partial charge in [0.15, 0.2) is 0 Å². The molecule has 0 unspecified atom stereocenters. The zero-order valence-corrected chi connectivity index (χ0v) is 20.3. The van der Waals surface area contributed by atoms with Crippen molar-refractivity contribution in [1.82, 2.24) is 10.2 Å². The first-order valence-electron chi connectivity index (χ1n) is 12.1. The number of methoxy groups -OCH3 is 1. The van der Waals surface area contributed by atoms with Crippen molar-refractivity contribution in [3.63, 3.8) is 0 Å². The summed E-state index contributed by atoms with van der Waals surface area (Å²) in [7, 11) is 1.56. The first-order chi connectivity index (χ1) is 16.4. The van der Waals surface area contributed by atoms with Gasteiger partial charge in [0.05, 0.1) is 18.4 Å². The van der Waals surface area contributed by atoms with Crippen LogP contribution in [0.2, 0.25) is 0 Å². The molecule has 0 aromatic heterocycles. The van der Waals surface area contributed by atoms with Crippen molar-refractivity contribution in [3.8, 4) is 5.75 Å². The van der Waals surface area contributed by atoms with Gasteiger partial charge in [0, 0.05) is 18.7 Å². The van der Waals surface area contributed by atoms with Crippen molar-refractivity contribution in [3.05, 3.63) is 59.7 Å². The minimum atomic E-state index is -0.610. The lowest BCUT2D eigenvalue weighted by molar-refractivity contribution is -0.134. The van der Waals surface area contributed by atoms with Gasteiger partial charge in [-0.05, 0) is 55.2 Å². The molecule has 182 valence electrons. The monoisotopic (exact) mass is 465 g/mol. The van der Waals surface area contributed by atoms with Gasteiger partial charge in [-0.2, -0.15) is 0 Å². The third-order valence-electron chi connectivity index (χ3n) is 6.46. The number of hydrogen-bond donors (Lipinski definition) is 2. The van der Waals surface area contributed by atoms with E-state index in [0.29, 0.717) is 22.6 Å². The van der Waals surface area contributed by atoms with Crippen molar-refractivity contribution in [1.29, 1.82) is 0 Å². The number of anilines is 1. The lowest BCUT2D eigenvalue weighted by Gasteiger charge is -2.30. The van der Waals surface area contributed by atoms with Gasteiger partial charge in [-0.25, -0.2) is 0 Å². The lowest BCUT2D eigenvalue weighted by Crippen LogP contribution is -2.52. The number of likely N-dealkylation sites (tertiary alicyclic amines) is 1. The molecule has 2 aromatic carbocycles. The van der Waals surface area contributed by atoms with Gasteiger partial charge in [0.1, 0.15) is 11.8 Å². The zero-order chi connectivity index (χ0) is 24.5. The van der Waals surface area contributed by atoms with E-state index >= 15 is 0 Å². The third kappa shape index (κ3) is 6.37. The predicted octanol–water partition coefficient (Wildman–Crippen LogP) is 4.49. The number of nitrogens with one attached hydrogen (secondary N) is 2. The van der Waals surface area contributed by atoms with Crippen LogP contribution < -0.4 is 15.4 Å². The summed E-state index contributed by atoms with van der Waals surface area (Å²) in [5.41, 5.74) is 1.16. The Hall–Kier alpha value is -3.35. The van der Waals surface area contributed by atoms with E-state index in [9.17, 15) is 14.4 Å². The number of carbonyl (C=O) groups is 3. The summed E-state index contributed by atoms with van der Waals surface area (Å²) < 4.78 is 5.14. The quantitative estimate of drug-likeness (QED) is 0.601. The number of para-hydroxylation sites is 1. The summed E-state index contributed by atoms with van der Waals surface area (Å²) in [6.45, 7) is 5.47. The second-order valence-electron chi connectivity index (χ2n) is 8.80. The molecule has 1 aliphatic rings. The van der Waals surface area contributed by atoms with Crippen LogP contribution in [-0.4, -0.2) is 48.9 Å². The molecule has 1 heterocycles. The van der Waals surface area contributed by atoms with Crippen molar-refractivity contribution in [2.75, 3.05) is 25.5 Å². The Morgan fingerprint density at radius 3 is 2.21 bits per heavy atom. The third-order valence-corrected chi connectivity index (χ3v) is 6.46. The summed E-state index contributed by atoms with van der Waals surface area (Å²) in [6.07, 6.45) is 5.01. The van der Waals surface area contributed by atoms with E-state index < -0.39 is 6.04 Å². The van der Waals surface area contributed by atoms with Gasteiger partial charge in [0.2, 0.25) is 5.91 Å². The molecule has 1 saturated heterocycles. The summed E-state index contributed by atoms with van der Waals surface area (Å²) in [5.74, 6) is -0.0901. The minimum Gasteiger partial charge on any atom is -0.497 e. The molecule has 7 heteroatoms. The highest BCUT2D eigenvalue weighted by molar-refractivity contribution is 6.09. The van der Waals surface area contributed by atoms with Crippen LogP contribution in [0.5, 0.6) is 5.75 Å². The maximum absolute atomic E-state index is 13.3. The first-order valence-corrected chi connectivity index (χ1v) is 12.1. The normalized spacial score (nSPS) is 15.6. The molecule has 2 atom stereocenters. The molecule has 7 nitrogen and oxygen atoms in total. The molecule has 0 spiro atoms. The fourth-order valence-corrected chi connectivity index (χ4v) is 4.12. The molecule has 34 heavy (non-hydrogen) atoms. The van der Waals surface area contributed by atoms with E-state index in [2.05, 4.69) is 10.6 Å². The van der Waals surface area contributed by atoms with E-state index in [-0.39, 0.29) is 23.6 Å². The van der Waals surface area contributed by atoms with Crippen LogP contribution >= 0.6 is 0 Å². The number of hydrogen-bond acceptors (Lipinski definition) is 4. The molecule has 2 N–H and O–H groups in total. The molecular formula is C27H35N3O4. The van der Waals surface area contributed by atoms with Gasteiger partial charge in [-0.3, -0.25) is 14.4 Å². The van der Waals surface area contributed by atoms with Crippen molar-refractivity contribution >= 4 is 23.4 Å². The first kappa shape index (κ1) is 25.3. The van der Waals surface area contributed by atoms with Gasteiger partial charge in [-0.1, -0.05) is 45.2 Å². The predicted molar refractivity (Wildman–Crippen MR) is 133 cm³/mol. The molecule has 0 saturated carbocycles. The molecular weight excluding hydrogens is 430 g/mol. The standard InChI is InChI=1S/C27H35N3O4/c1-4-19(2)24(27(33)30-17-9-5-6-10-18-30)29-26(32)22-11-7-8-12-23(22)28-25(31)20-13-15-21(34-3)16-14-20/h7-8,11-16,19,24H,4-6,9-10,17-18H2,1-3H3,(H,28,31)(H,29,32)/t19-,24-/m0/s1. The van der Waals surface area contributed by atoms with Gasteiger partial charge in [0.25, 0.3) is 11.8 Å². The molecule has 1 aliphatic heterocycles. The van der Waals surface area contributed by atoms with Crippen molar-refractivity contribution < 1.29 is 19.1 Å². The van der Waals surface area contributed by atoms with Crippen LogP contribution in [0.15, 0.2) is 48.5 Å². The Kier molecular flexibility index (Phi) is 9.08. The van der Waals surface area contributed by atoms with Gasteiger partial charge >= 0.3 is 0 Å². The van der Waals surface area contributed by atoms with E-state index in [1.165, 1.54) is 0 Å². The van der Waals surface area contributed by atoms with Crippen LogP contribution in [-0.2, 0) is 4.79 Å². The molecule has 1 fully saturated rings. The summed E-state index contributed by atoms with van der Waals surface area (Å²) in [4.78, 5) is 41.3. The summed E-state index contributed by atoms with van der Waals surface area (Å²) >= 11 is 0. The molecule has 3 rings (SSSR count). The highest BCUT2D eigenvalue weighted by Gasteiger charge is 2.31. The molecule has 2 aromatic rings. The van der Waals surface area contributed by atoms with Crippen LogP contribution in [0.3, 0.4) is 0 Å². The Bertz CT molecular complexity index is 982. The van der Waals surface area contributed by atoms with Crippen LogP contribution in [0, 0.1) is 5.92 Å². The second-order valence-corrected chi connectivity index (χ2v) is 8.80. The summed E-state index contributed by atoms with van der Waals surface area (Å²) in [5, 5.41) is 5.80. The van der Waals surface area contributed by atoms with Crippen LogP contribution in [0.25, 0.3) is 0 Å². The minimum absolute atomic E-state index is 0.0132. The van der Waals surface area contributed by atoms with E-state index in [1.54, 1.807) is 55.6 Å². The fourth-order valence-electron chi connectivity index (χ4n) is 4.12. The number of benzene rings is 2. The maximum atomic E-state index is 13.3. The molecule has 0 radical (unpaired) electrons. The second kappa shape index (κ2) is 12.2. The number of amides is 3. The van der Waals surface area contributed by atoms with E-state index in [4.69, 9.17) is 4.74 Å². The maximum Gasteiger partial charge on any atom is 0.255 e. The Balaban J connectivity index is 1.77. The average molecular weight is 466 g/mol. The summed E-state index contributed by atoms with van der Waals surface area (Å²) in [6, 6.07) is 13.0. The van der Waals surface area contributed by atoms with Gasteiger partial charge < -0.3 is 20.3 Å². The Labute approximate surface area is 201 Å². The molecule has 0 bridgehead atoms. The van der Waals surface area contributed by atoms with E-state index in [0.717, 1.165) is 45.2 Å². The number of nitrogens with zero attached hydrogens (tertiary/aromatic N) is 1. The Morgan fingerprint density at radius 2 is 1.59 bits per heavy atom. The average Bonchev–Trinajstić information content (AvgIpc) is 3.16. The number of rotatable bonds is 8. The highest BCUT2D eigenvalue weighted by Crippen LogP contribution is 2.20. The van der Waals surface area contributed by atoms with Crippen LogP contribution in [0.1, 0.15) is 66.7 Å². The highest BCUT2D eigenvalue weighted by atomic mass is 16.5. The smallest absolute Gasteiger partial charge is 0.255 e. The number of carbonyl (C=O) groups excluding carboxylic acids is 3. The van der Waals surface area contributed by atoms with Crippen molar-refractivity contribution in [2.24, 2.45) is 5.92 Å². The van der Waals surface area contributed by atoms with Crippen molar-refractivity contribution in [2.45, 2.75) is 52.0 Å². The molecule has 0 aliphatic carbocycles.